The first-order chi connectivity index (χ1) is 18.7. The SMILES string of the molecule is C=CCCOc1cccc(O)c1-c1ccsc1-c1sccc1-c1c(OCCC=C)cccc1OCCC=C. The molecular weight excluding hydrogens is 512 g/mol. The zero-order valence-electron chi connectivity index (χ0n) is 21.4. The van der Waals surface area contributed by atoms with Gasteiger partial charge >= 0.3 is 0 Å². The fourth-order valence-electron chi connectivity index (χ4n) is 4.05. The summed E-state index contributed by atoms with van der Waals surface area (Å²) in [6.07, 6.45) is 7.72. The number of phenols is 1. The van der Waals surface area contributed by atoms with Crippen LogP contribution in [0.4, 0.5) is 0 Å². The number of aromatic hydroxyl groups is 1. The number of hydrogen-bond acceptors (Lipinski definition) is 6. The average molecular weight is 545 g/mol. The molecule has 0 aliphatic carbocycles. The van der Waals surface area contributed by atoms with Crippen molar-refractivity contribution in [3.63, 3.8) is 0 Å². The highest BCUT2D eigenvalue weighted by molar-refractivity contribution is 7.21. The highest BCUT2D eigenvalue weighted by Crippen LogP contribution is 2.51. The minimum Gasteiger partial charge on any atom is -0.507 e. The molecule has 4 nitrogen and oxygen atoms in total. The summed E-state index contributed by atoms with van der Waals surface area (Å²) < 4.78 is 18.4. The van der Waals surface area contributed by atoms with Gasteiger partial charge in [-0.05, 0) is 66.4 Å². The maximum absolute atomic E-state index is 10.9. The fourth-order valence-corrected chi connectivity index (χ4v) is 6.05. The van der Waals surface area contributed by atoms with Crippen LogP contribution in [0.3, 0.4) is 0 Å². The van der Waals surface area contributed by atoms with Gasteiger partial charge in [0.05, 0.1) is 40.7 Å². The average Bonchev–Trinajstić information content (AvgIpc) is 3.59. The molecule has 0 spiro atoms. The van der Waals surface area contributed by atoms with Crippen molar-refractivity contribution in [2.45, 2.75) is 19.3 Å². The van der Waals surface area contributed by atoms with Crippen molar-refractivity contribution in [3.8, 4) is 55.0 Å². The lowest BCUT2D eigenvalue weighted by Crippen LogP contribution is -2.02. The molecule has 0 aliphatic rings. The van der Waals surface area contributed by atoms with Crippen molar-refractivity contribution in [3.05, 3.63) is 97.3 Å². The Bertz CT molecular complexity index is 1350. The second kappa shape index (κ2) is 13.7. The number of rotatable bonds is 15. The van der Waals surface area contributed by atoms with Gasteiger partial charge in [0.25, 0.3) is 0 Å². The van der Waals surface area contributed by atoms with Crippen LogP contribution in [-0.4, -0.2) is 24.9 Å². The zero-order chi connectivity index (χ0) is 26.7. The topological polar surface area (TPSA) is 47.9 Å². The summed E-state index contributed by atoms with van der Waals surface area (Å²) in [6.45, 7) is 12.9. The number of ether oxygens (including phenoxy) is 3. The molecule has 0 atom stereocenters. The number of phenolic OH excluding ortho intramolecular Hbond substituents is 1. The van der Waals surface area contributed by atoms with Gasteiger partial charge in [-0.15, -0.1) is 42.4 Å². The van der Waals surface area contributed by atoms with Gasteiger partial charge in [0.15, 0.2) is 0 Å². The van der Waals surface area contributed by atoms with E-state index in [4.69, 9.17) is 14.2 Å². The van der Waals surface area contributed by atoms with Gasteiger partial charge in [0, 0.05) is 11.1 Å². The zero-order valence-corrected chi connectivity index (χ0v) is 23.0. The predicted molar refractivity (Wildman–Crippen MR) is 161 cm³/mol. The Kier molecular flexibility index (Phi) is 9.84. The highest BCUT2D eigenvalue weighted by Gasteiger charge is 2.23. The monoisotopic (exact) mass is 544 g/mol. The summed E-state index contributed by atoms with van der Waals surface area (Å²) in [5, 5.41) is 15.0. The Morgan fingerprint density at radius 1 is 0.605 bits per heavy atom. The van der Waals surface area contributed by atoms with Crippen molar-refractivity contribution in [2.75, 3.05) is 19.8 Å². The maximum Gasteiger partial charge on any atom is 0.130 e. The van der Waals surface area contributed by atoms with Gasteiger partial charge in [-0.3, -0.25) is 0 Å². The van der Waals surface area contributed by atoms with Gasteiger partial charge in [-0.2, -0.15) is 0 Å². The smallest absolute Gasteiger partial charge is 0.130 e. The molecule has 0 saturated carbocycles. The normalized spacial score (nSPS) is 10.6. The Morgan fingerprint density at radius 2 is 1.03 bits per heavy atom. The third-order valence-corrected chi connectivity index (χ3v) is 7.80. The van der Waals surface area contributed by atoms with Gasteiger partial charge < -0.3 is 19.3 Å². The van der Waals surface area contributed by atoms with Crippen LogP contribution < -0.4 is 14.2 Å². The predicted octanol–water partition coefficient (Wildman–Crippen LogP) is 9.38. The molecule has 0 saturated heterocycles. The van der Waals surface area contributed by atoms with Crippen LogP contribution in [0, 0.1) is 0 Å². The lowest BCUT2D eigenvalue weighted by atomic mass is 9.99. The molecule has 2 heterocycles. The van der Waals surface area contributed by atoms with E-state index in [0.29, 0.717) is 31.1 Å². The van der Waals surface area contributed by atoms with Crippen molar-refractivity contribution in [1.82, 2.24) is 0 Å². The molecule has 4 rings (SSSR count). The molecule has 2 aromatic carbocycles. The largest absolute Gasteiger partial charge is 0.507 e. The number of benzene rings is 2. The Hall–Kier alpha value is -3.74. The van der Waals surface area contributed by atoms with Gasteiger partial charge in [0.2, 0.25) is 0 Å². The highest BCUT2D eigenvalue weighted by atomic mass is 32.1. The second-order valence-corrected chi connectivity index (χ2v) is 10.2. The summed E-state index contributed by atoms with van der Waals surface area (Å²) in [6, 6.07) is 15.4. The Morgan fingerprint density at radius 3 is 1.50 bits per heavy atom. The first-order valence-corrected chi connectivity index (χ1v) is 14.3. The summed E-state index contributed by atoms with van der Waals surface area (Å²) in [4.78, 5) is 2.12. The molecule has 196 valence electrons. The molecule has 0 amide bonds. The van der Waals surface area contributed by atoms with Crippen LogP contribution >= 0.6 is 22.7 Å². The van der Waals surface area contributed by atoms with Crippen molar-refractivity contribution in [2.24, 2.45) is 0 Å². The van der Waals surface area contributed by atoms with E-state index in [-0.39, 0.29) is 5.75 Å². The molecule has 0 aliphatic heterocycles. The quantitative estimate of drug-likeness (QED) is 0.120. The van der Waals surface area contributed by atoms with Crippen LogP contribution in [-0.2, 0) is 0 Å². The summed E-state index contributed by atoms with van der Waals surface area (Å²) >= 11 is 3.28. The number of hydrogen-bond donors (Lipinski definition) is 1. The van der Waals surface area contributed by atoms with Crippen LogP contribution in [0.25, 0.3) is 32.0 Å². The van der Waals surface area contributed by atoms with E-state index in [0.717, 1.165) is 57.2 Å². The molecule has 0 radical (unpaired) electrons. The van der Waals surface area contributed by atoms with Gasteiger partial charge in [-0.1, -0.05) is 30.4 Å². The third-order valence-electron chi connectivity index (χ3n) is 5.81. The Labute approximate surface area is 232 Å². The molecule has 2 aromatic heterocycles. The molecular formula is C32H32O4S2. The van der Waals surface area contributed by atoms with E-state index in [2.05, 4.69) is 31.2 Å². The lowest BCUT2D eigenvalue weighted by Gasteiger charge is -2.17. The van der Waals surface area contributed by atoms with E-state index in [1.807, 2.05) is 53.9 Å². The molecule has 0 unspecified atom stereocenters. The lowest BCUT2D eigenvalue weighted by molar-refractivity contribution is 0.311. The summed E-state index contributed by atoms with van der Waals surface area (Å²) in [7, 11) is 0. The minimum absolute atomic E-state index is 0.181. The van der Waals surface area contributed by atoms with Crippen LogP contribution in [0.15, 0.2) is 97.3 Å². The first-order valence-electron chi connectivity index (χ1n) is 12.5. The molecule has 6 heteroatoms. The molecule has 0 fully saturated rings. The second-order valence-electron chi connectivity index (χ2n) is 8.38. The van der Waals surface area contributed by atoms with E-state index in [9.17, 15) is 5.11 Å². The molecule has 4 aromatic rings. The van der Waals surface area contributed by atoms with E-state index < -0.39 is 0 Å². The van der Waals surface area contributed by atoms with Crippen LogP contribution in [0.5, 0.6) is 23.0 Å². The van der Waals surface area contributed by atoms with Gasteiger partial charge in [-0.25, -0.2) is 0 Å². The van der Waals surface area contributed by atoms with Crippen molar-refractivity contribution >= 4 is 22.7 Å². The molecule has 1 N–H and O–H groups in total. The minimum atomic E-state index is 0.181. The van der Waals surface area contributed by atoms with Crippen molar-refractivity contribution in [1.29, 1.82) is 0 Å². The number of thiophene rings is 2. The van der Waals surface area contributed by atoms with Crippen molar-refractivity contribution < 1.29 is 19.3 Å². The molecule has 38 heavy (non-hydrogen) atoms. The Balaban J connectivity index is 1.81. The summed E-state index contributed by atoms with van der Waals surface area (Å²) in [5.74, 6) is 2.35. The van der Waals surface area contributed by atoms with E-state index in [1.54, 1.807) is 34.8 Å². The fraction of sp³-hybridized carbons (Fsp3) is 0.188. The third kappa shape index (κ3) is 6.21. The van der Waals surface area contributed by atoms with Crippen LogP contribution in [0.1, 0.15) is 19.3 Å². The maximum atomic E-state index is 10.9. The van der Waals surface area contributed by atoms with Crippen LogP contribution in [0.2, 0.25) is 0 Å². The van der Waals surface area contributed by atoms with Gasteiger partial charge in [0.1, 0.15) is 23.0 Å². The first kappa shape index (κ1) is 27.3. The van der Waals surface area contributed by atoms with E-state index >= 15 is 0 Å². The standard InChI is InChI=1S/C32H32O4S2/c1-4-7-18-34-26-13-10-12-25(33)29(26)23-16-21-37-31(23)32-24(17-22-38-32)30-27(35-19-8-5-2)14-11-15-28(30)36-20-9-6-3/h4-6,10-17,21-22,33H,1-3,7-9,18-20H2. The van der Waals surface area contributed by atoms with E-state index in [1.165, 1.54) is 0 Å². The summed E-state index contributed by atoms with van der Waals surface area (Å²) in [5.41, 5.74) is 3.54. The molecule has 0 bridgehead atoms.